The topological polar surface area (TPSA) is 57.6 Å². The van der Waals surface area contributed by atoms with E-state index < -0.39 is 5.97 Å². The predicted molar refractivity (Wildman–Crippen MR) is 99.4 cm³/mol. The molecule has 0 bridgehead atoms. The lowest BCUT2D eigenvalue weighted by atomic mass is 9.69. The molecule has 0 amide bonds. The van der Waals surface area contributed by atoms with Gasteiger partial charge in [-0.25, -0.2) is 0 Å². The van der Waals surface area contributed by atoms with Crippen LogP contribution in [0.25, 0.3) is 0 Å². The van der Waals surface area contributed by atoms with E-state index in [2.05, 4.69) is 24.0 Å². The summed E-state index contributed by atoms with van der Waals surface area (Å²) in [5.41, 5.74) is 3.09. The highest BCUT2D eigenvalue weighted by Crippen LogP contribution is 2.40. The number of Topliss-reactive ketones (excluding diaryl/α,β-unsaturated/α-hetero) is 1. The number of carbonyl (C=O) groups is 2. The molecule has 1 aliphatic carbocycles. The van der Waals surface area contributed by atoms with E-state index in [-0.39, 0.29) is 17.6 Å². The fourth-order valence-corrected chi connectivity index (χ4v) is 4.24. The highest BCUT2D eigenvalue weighted by atomic mass is 16.4. The average molecular weight is 343 g/mol. The first kappa shape index (κ1) is 18.0. The zero-order valence-electron chi connectivity index (χ0n) is 15.2. The summed E-state index contributed by atoms with van der Waals surface area (Å²) in [6.45, 7) is 4.34. The monoisotopic (exact) mass is 343 g/mol. The number of aryl methyl sites for hydroxylation is 1. The number of nitrogens with zero attached hydrogens (tertiary/aromatic N) is 1. The van der Waals surface area contributed by atoms with Crippen LogP contribution in [0.3, 0.4) is 0 Å². The van der Waals surface area contributed by atoms with Crippen molar-refractivity contribution in [1.82, 2.24) is 0 Å². The standard InChI is InChI=1S/C21H29NO3/c1-21(11-4-2-3-7-19(23)24)12-10-16-15-17(22-13-5-6-14-22)8-9-18(16)20(21)25/h8-9,15H,2-7,10-14H2,1H3,(H,23,24). The maximum atomic E-state index is 13.0. The van der Waals surface area contributed by atoms with Crippen LogP contribution < -0.4 is 4.90 Å². The second-order valence-corrected chi connectivity index (χ2v) is 7.88. The number of carboxylic acid groups (broad SMARTS) is 1. The molecule has 1 aliphatic heterocycles. The molecule has 1 fully saturated rings. The molecule has 1 N–H and O–H groups in total. The number of hydrogen-bond donors (Lipinski definition) is 1. The smallest absolute Gasteiger partial charge is 0.303 e. The Morgan fingerprint density at radius 2 is 1.96 bits per heavy atom. The molecule has 0 aromatic heterocycles. The number of ketones is 1. The molecule has 1 aromatic carbocycles. The lowest BCUT2D eigenvalue weighted by Gasteiger charge is -2.34. The minimum absolute atomic E-state index is 0.229. The number of rotatable bonds is 7. The van der Waals surface area contributed by atoms with Crippen LogP contribution in [-0.2, 0) is 11.2 Å². The van der Waals surface area contributed by atoms with E-state index in [0.29, 0.717) is 6.42 Å². The average Bonchev–Trinajstić information content (AvgIpc) is 3.12. The fraction of sp³-hybridized carbons (Fsp3) is 0.619. The SMILES string of the molecule is CC1(CCCCCC(=O)O)CCc2cc(N3CCCC3)ccc2C1=O. The molecule has 0 spiro atoms. The summed E-state index contributed by atoms with van der Waals surface area (Å²) in [4.78, 5) is 26.0. The van der Waals surface area contributed by atoms with Crippen LogP contribution in [0.5, 0.6) is 0 Å². The van der Waals surface area contributed by atoms with Crippen LogP contribution in [0.4, 0.5) is 5.69 Å². The highest BCUT2D eigenvalue weighted by Gasteiger charge is 2.37. The Morgan fingerprint density at radius 3 is 2.68 bits per heavy atom. The molecule has 25 heavy (non-hydrogen) atoms. The predicted octanol–water partition coefficient (Wildman–Crippen LogP) is 4.46. The summed E-state index contributed by atoms with van der Waals surface area (Å²) in [6, 6.07) is 6.37. The van der Waals surface area contributed by atoms with Crippen molar-refractivity contribution < 1.29 is 14.7 Å². The zero-order chi connectivity index (χ0) is 17.9. The van der Waals surface area contributed by atoms with Gasteiger partial charge in [-0.15, -0.1) is 0 Å². The van der Waals surface area contributed by atoms with Crippen molar-refractivity contribution in [2.75, 3.05) is 18.0 Å². The normalized spacial score (nSPS) is 22.9. The summed E-state index contributed by atoms with van der Waals surface area (Å²) >= 11 is 0. The Morgan fingerprint density at radius 1 is 1.20 bits per heavy atom. The number of fused-ring (bicyclic) bond motifs is 1. The third-order valence-corrected chi connectivity index (χ3v) is 5.92. The Hall–Kier alpha value is -1.84. The second-order valence-electron chi connectivity index (χ2n) is 7.88. The number of unbranched alkanes of at least 4 members (excludes halogenated alkanes) is 2. The first-order valence-electron chi connectivity index (χ1n) is 9.64. The maximum Gasteiger partial charge on any atom is 0.303 e. The molecule has 2 aliphatic rings. The first-order chi connectivity index (χ1) is 12.0. The van der Waals surface area contributed by atoms with Gasteiger partial charge in [0.15, 0.2) is 5.78 Å². The van der Waals surface area contributed by atoms with Gasteiger partial charge in [-0.2, -0.15) is 0 Å². The Labute approximate surface area is 150 Å². The molecule has 4 nitrogen and oxygen atoms in total. The van der Waals surface area contributed by atoms with Gasteiger partial charge in [0.05, 0.1) is 0 Å². The van der Waals surface area contributed by atoms with E-state index >= 15 is 0 Å². The maximum absolute atomic E-state index is 13.0. The van der Waals surface area contributed by atoms with E-state index in [0.717, 1.165) is 50.8 Å². The zero-order valence-corrected chi connectivity index (χ0v) is 15.2. The third kappa shape index (κ3) is 4.05. The van der Waals surface area contributed by atoms with E-state index in [1.807, 2.05) is 6.07 Å². The minimum atomic E-state index is -0.734. The van der Waals surface area contributed by atoms with Gasteiger partial charge in [0, 0.05) is 36.2 Å². The summed E-state index contributed by atoms with van der Waals surface area (Å²) in [6.07, 6.45) is 8.00. The molecular formula is C21H29NO3. The van der Waals surface area contributed by atoms with Gasteiger partial charge >= 0.3 is 5.97 Å². The van der Waals surface area contributed by atoms with Crippen molar-refractivity contribution in [1.29, 1.82) is 0 Å². The molecule has 0 radical (unpaired) electrons. The van der Waals surface area contributed by atoms with E-state index in [1.54, 1.807) is 0 Å². The van der Waals surface area contributed by atoms with Crippen molar-refractivity contribution in [2.24, 2.45) is 5.41 Å². The minimum Gasteiger partial charge on any atom is -0.481 e. The van der Waals surface area contributed by atoms with Gasteiger partial charge in [-0.05, 0) is 62.3 Å². The fourth-order valence-electron chi connectivity index (χ4n) is 4.24. The van der Waals surface area contributed by atoms with Crippen LogP contribution in [0, 0.1) is 5.41 Å². The first-order valence-corrected chi connectivity index (χ1v) is 9.64. The van der Waals surface area contributed by atoms with Crippen molar-refractivity contribution in [3.63, 3.8) is 0 Å². The summed E-state index contributed by atoms with van der Waals surface area (Å²) in [7, 11) is 0. The lowest BCUT2D eigenvalue weighted by Crippen LogP contribution is -2.33. The Bertz CT molecular complexity index is 649. The van der Waals surface area contributed by atoms with Gasteiger partial charge in [-0.3, -0.25) is 9.59 Å². The molecule has 1 saturated heterocycles. The van der Waals surface area contributed by atoms with Crippen molar-refractivity contribution in [3.8, 4) is 0 Å². The Kier molecular flexibility index (Phi) is 5.45. The van der Waals surface area contributed by atoms with Gasteiger partial charge in [-0.1, -0.05) is 19.8 Å². The van der Waals surface area contributed by atoms with Crippen molar-refractivity contribution in [3.05, 3.63) is 29.3 Å². The number of aliphatic carboxylic acids is 1. The van der Waals surface area contributed by atoms with Crippen LogP contribution in [0.1, 0.15) is 74.2 Å². The lowest BCUT2D eigenvalue weighted by molar-refractivity contribution is -0.137. The molecule has 4 heteroatoms. The van der Waals surface area contributed by atoms with Gasteiger partial charge in [0.25, 0.3) is 0 Å². The summed E-state index contributed by atoms with van der Waals surface area (Å²) in [5.74, 6) is -0.456. The largest absolute Gasteiger partial charge is 0.481 e. The van der Waals surface area contributed by atoms with Gasteiger partial charge < -0.3 is 10.0 Å². The van der Waals surface area contributed by atoms with Gasteiger partial charge in [0.2, 0.25) is 0 Å². The molecule has 136 valence electrons. The van der Waals surface area contributed by atoms with Crippen molar-refractivity contribution in [2.45, 2.75) is 64.7 Å². The van der Waals surface area contributed by atoms with Crippen molar-refractivity contribution >= 4 is 17.4 Å². The van der Waals surface area contributed by atoms with E-state index in [9.17, 15) is 9.59 Å². The molecule has 3 rings (SSSR count). The molecule has 0 saturated carbocycles. The number of anilines is 1. The molecular weight excluding hydrogens is 314 g/mol. The summed E-state index contributed by atoms with van der Waals surface area (Å²) < 4.78 is 0. The van der Waals surface area contributed by atoms with Gasteiger partial charge in [0.1, 0.15) is 0 Å². The number of carboxylic acids is 1. The second kappa shape index (κ2) is 7.59. The highest BCUT2D eigenvalue weighted by molar-refractivity contribution is 6.02. The third-order valence-electron chi connectivity index (χ3n) is 5.92. The number of hydrogen-bond acceptors (Lipinski definition) is 3. The van der Waals surface area contributed by atoms with Crippen LogP contribution >= 0.6 is 0 Å². The van der Waals surface area contributed by atoms with E-state index in [4.69, 9.17) is 5.11 Å². The number of carbonyl (C=O) groups excluding carboxylic acids is 1. The van der Waals surface area contributed by atoms with Crippen LogP contribution in [0.2, 0.25) is 0 Å². The molecule has 1 atom stereocenters. The van der Waals surface area contributed by atoms with Crippen LogP contribution in [0.15, 0.2) is 18.2 Å². The number of benzene rings is 1. The molecule has 1 unspecified atom stereocenters. The Balaban J connectivity index is 1.63. The quantitative estimate of drug-likeness (QED) is 0.743. The van der Waals surface area contributed by atoms with E-state index in [1.165, 1.54) is 24.1 Å². The van der Waals surface area contributed by atoms with Crippen LogP contribution in [-0.4, -0.2) is 29.9 Å². The molecule has 1 aromatic rings. The molecule has 1 heterocycles. The summed E-state index contributed by atoms with van der Waals surface area (Å²) in [5, 5.41) is 8.71.